The number of rotatable bonds is 1. The first-order valence-corrected chi connectivity index (χ1v) is 4.72. The molecule has 0 aromatic carbocycles. The maximum Gasteiger partial charge on any atom is 0.0860 e. The van der Waals surface area contributed by atoms with Crippen molar-refractivity contribution in [2.75, 3.05) is 0 Å². The van der Waals surface area contributed by atoms with Gasteiger partial charge >= 0.3 is 0 Å². The first kappa shape index (κ1) is 8.34. The molecule has 0 saturated heterocycles. The van der Waals surface area contributed by atoms with Gasteiger partial charge in [0, 0.05) is 16.7 Å². The van der Waals surface area contributed by atoms with Gasteiger partial charge in [-0.05, 0) is 51.8 Å². The van der Waals surface area contributed by atoms with E-state index in [1.165, 1.54) is 0 Å². The first-order valence-electron chi connectivity index (χ1n) is 3.14. The molecule has 0 fully saturated rings. The van der Waals surface area contributed by atoms with Crippen LogP contribution in [0, 0.1) is 0 Å². The standard InChI is InChI=1S/C7H9Br2N/c1-5(2)10-4-6(8)3-7(10)9/h3-5H,1-2H3. The van der Waals surface area contributed by atoms with Crippen LogP contribution >= 0.6 is 31.9 Å². The van der Waals surface area contributed by atoms with Gasteiger partial charge < -0.3 is 4.57 Å². The Kier molecular flexibility index (Phi) is 2.58. The monoisotopic (exact) mass is 265 g/mol. The van der Waals surface area contributed by atoms with Gasteiger partial charge in [0.25, 0.3) is 0 Å². The Hall–Kier alpha value is 0.240. The van der Waals surface area contributed by atoms with Crippen LogP contribution in [0.5, 0.6) is 0 Å². The van der Waals surface area contributed by atoms with E-state index >= 15 is 0 Å². The zero-order valence-corrected chi connectivity index (χ0v) is 9.11. The quantitative estimate of drug-likeness (QED) is 0.732. The summed E-state index contributed by atoms with van der Waals surface area (Å²) in [5.74, 6) is 0. The first-order chi connectivity index (χ1) is 4.61. The molecule has 0 spiro atoms. The maximum atomic E-state index is 3.45. The van der Waals surface area contributed by atoms with Crippen molar-refractivity contribution in [3.8, 4) is 0 Å². The number of halogens is 2. The molecule has 10 heavy (non-hydrogen) atoms. The second kappa shape index (κ2) is 3.09. The van der Waals surface area contributed by atoms with E-state index in [1.54, 1.807) is 0 Å². The zero-order valence-electron chi connectivity index (χ0n) is 5.94. The summed E-state index contributed by atoms with van der Waals surface area (Å²) in [4.78, 5) is 0. The third-order valence-corrected chi connectivity index (χ3v) is 2.39. The lowest BCUT2D eigenvalue weighted by molar-refractivity contribution is 0.592. The van der Waals surface area contributed by atoms with E-state index in [0.717, 1.165) is 9.08 Å². The Morgan fingerprint density at radius 2 is 2.00 bits per heavy atom. The molecule has 0 bridgehead atoms. The van der Waals surface area contributed by atoms with Crippen molar-refractivity contribution < 1.29 is 0 Å². The highest BCUT2D eigenvalue weighted by molar-refractivity contribution is 9.11. The van der Waals surface area contributed by atoms with E-state index in [1.807, 2.05) is 6.07 Å². The van der Waals surface area contributed by atoms with E-state index in [-0.39, 0.29) is 0 Å². The lowest BCUT2D eigenvalue weighted by Gasteiger charge is -2.07. The van der Waals surface area contributed by atoms with Crippen molar-refractivity contribution in [3.63, 3.8) is 0 Å². The van der Waals surface area contributed by atoms with Crippen LogP contribution < -0.4 is 0 Å². The van der Waals surface area contributed by atoms with Crippen molar-refractivity contribution in [2.24, 2.45) is 0 Å². The third kappa shape index (κ3) is 1.64. The second-order valence-electron chi connectivity index (χ2n) is 2.48. The number of hydrogen-bond donors (Lipinski definition) is 0. The van der Waals surface area contributed by atoms with Gasteiger partial charge in [-0.15, -0.1) is 0 Å². The Morgan fingerprint density at radius 3 is 2.20 bits per heavy atom. The van der Waals surface area contributed by atoms with Crippen LogP contribution in [-0.2, 0) is 0 Å². The zero-order chi connectivity index (χ0) is 7.72. The Morgan fingerprint density at radius 1 is 1.40 bits per heavy atom. The molecule has 0 unspecified atom stereocenters. The molecule has 0 N–H and O–H groups in total. The summed E-state index contributed by atoms with van der Waals surface area (Å²) in [7, 11) is 0. The largest absolute Gasteiger partial charge is 0.339 e. The molecular formula is C7H9Br2N. The summed E-state index contributed by atoms with van der Waals surface area (Å²) in [6.45, 7) is 4.30. The highest BCUT2D eigenvalue weighted by atomic mass is 79.9. The van der Waals surface area contributed by atoms with Crippen LogP contribution in [0.4, 0.5) is 0 Å². The fourth-order valence-corrected chi connectivity index (χ4v) is 2.32. The van der Waals surface area contributed by atoms with Gasteiger partial charge in [-0.3, -0.25) is 0 Å². The molecule has 1 aromatic rings. The number of hydrogen-bond acceptors (Lipinski definition) is 0. The van der Waals surface area contributed by atoms with Crippen LogP contribution in [0.1, 0.15) is 19.9 Å². The van der Waals surface area contributed by atoms with Crippen LogP contribution in [-0.4, -0.2) is 4.57 Å². The van der Waals surface area contributed by atoms with Gasteiger partial charge in [-0.2, -0.15) is 0 Å². The van der Waals surface area contributed by atoms with Gasteiger partial charge in [0.1, 0.15) is 0 Å². The average molecular weight is 267 g/mol. The average Bonchev–Trinajstić information content (AvgIpc) is 2.10. The molecule has 0 aliphatic carbocycles. The molecule has 56 valence electrons. The highest BCUT2D eigenvalue weighted by Gasteiger charge is 2.02. The van der Waals surface area contributed by atoms with E-state index in [2.05, 4.69) is 56.5 Å². The van der Waals surface area contributed by atoms with Gasteiger partial charge in [0.15, 0.2) is 0 Å². The SMILES string of the molecule is CC(C)n1cc(Br)cc1Br. The lowest BCUT2D eigenvalue weighted by atomic mass is 10.4. The van der Waals surface area contributed by atoms with Crippen LogP contribution in [0.25, 0.3) is 0 Å². The van der Waals surface area contributed by atoms with Gasteiger partial charge in [-0.1, -0.05) is 0 Å². The lowest BCUT2D eigenvalue weighted by Crippen LogP contribution is -1.97. The van der Waals surface area contributed by atoms with E-state index < -0.39 is 0 Å². The summed E-state index contributed by atoms with van der Waals surface area (Å²) in [5, 5.41) is 0. The molecule has 1 rings (SSSR count). The Bertz CT molecular complexity index is 228. The van der Waals surface area contributed by atoms with Crippen molar-refractivity contribution in [1.82, 2.24) is 4.57 Å². The predicted octanol–water partition coefficient (Wildman–Crippen LogP) is 3.59. The summed E-state index contributed by atoms with van der Waals surface area (Å²) in [6.07, 6.45) is 2.06. The third-order valence-electron chi connectivity index (χ3n) is 1.32. The molecule has 0 saturated carbocycles. The van der Waals surface area contributed by atoms with Crippen molar-refractivity contribution >= 4 is 31.9 Å². The molecular weight excluding hydrogens is 258 g/mol. The van der Waals surface area contributed by atoms with Crippen LogP contribution in [0.2, 0.25) is 0 Å². The molecule has 1 aromatic heterocycles. The maximum absolute atomic E-state index is 3.45. The van der Waals surface area contributed by atoms with E-state index in [9.17, 15) is 0 Å². The van der Waals surface area contributed by atoms with Crippen molar-refractivity contribution in [3.05, 3.63) is 21.3 Å². The minimum atomic E-state index is 0.515. The van der Waals surface area contributed by atoms with Gasteiger partial charge in [-0.25, -0.2) is 0 Å². The normalized spacial score (nSPS) is 10.9. The fourth-order valence-electron chi connectivity index (χ4n) is 0.816. The minimum Gasteiger partial charge on any atom is -0.339 e. The minimum absolute atomic E-state index is 0.515. The molecule has 0 radical (unpaired) electrons. The number of nitrogens with zero attached hydrogens (tertiary/aromatic N) is 1. The highest BCUT2D eigenvalue weighted by Crippen LogP contribution is 2.23. The van der Waals surface area contributed by atoms with Crippen molar-refractivity contribution in [2.45, 2.75) is 19.9 Å². The second-order valence-corrected chi connectivity index (χ2v) is 4.21. The summed E-state index contributed by atoms with van der Waals surface area (Å²) < 4.78 is 4.40. The van der Waals surface area contributed by atoms with Crippen molar-refractivity contribution in [1.29, 1.82) is 0 Å². The Balaban J connectivity index is 3.03. The molecule has 0 aliphatic heterocycles. The predicted molar refractivity (Wildman–Crippen MR) is 50.2 cm³/mol. The van der Waals surface area contributed by atoms with Gasteiger partial charge in [0.2, 0.25) is 0 Å². The molecule has 3 heteroatoms. The molecule has 1 nitrogen and oxygen atoms in total. The molecule has 0 aliphatic rings. The number of aromatic nitrogens is 1. The topological polar surface area (TPSA) is 4.93 Å². The molecule has 1 heterocycles. The summed E-state index contributed by atoms with van der Waals surface area (Å²) >= 11 is 6.85. The van der Waals surface area contributed by atoms with Crippen LogP contribution in [0.3, 0.4) is 0 Å². The van der Waals surface area contributed by atoms with E-state index in [4.69, 9.17) is 0 Å². The van der Waals surface area contributed by atoms with Crippen LogP contribution in [0.15, 0.2) is 21.3 Å². The smallest absolute Gasteiger partial charge is 0.0860 e. The fraction of sp³-hybridized carbons (Fsp3) is 0.429. The molecule has 0 atom stereocenters. The Labute approximate surface area is 77.7 Å². The van der Waals surface area contributed by atoms with E-state index in [0.29, 0.717) is 6.04 Å². The van der Waals surface area contributed by atoms with Gasteiger partial charge in [0.05, 0.1) is 4.60 Å². The molecule has 0 amide bonds. The summed E-state index contributed by atoms with van der Waals surface area (Å²) in [6, 6.07) is 2.56. The summed E-state index contributed by atoms with van der Waals surface area (Å²) in [5.41, 5.74) is 0.